The highest BCUT2D eigenvalue weighted by molar-refractivity contribution is 5.29. The SMILES string of the molecule is CC(Nc1nccc(C(C)(C)C)n1)C1CCCNC1. The van der Waals surface area contributed by atoms with Crippen molar-refractivity contribution < 1.29 is 0 Å². The molecule has 2 N–H and O–H groups in total. The van der Waals surface area contributed by atoms with Crippen LogP contribution in [0.5, 0.6) is 0 Å². The van der Waals surface area contributed by atoms with Crippen LogP contribution < -0.4 is 10.6 Å². The largest absolute Gasteiger partial charge is 0.351 e. The molecule has 0 bridgehead atoms. The van der Waals surface area contributed by atoms with Crippen LogP contribution in [0.1, 0.15) is 46.2 Å². The van der Waals surface area contributed by atoms with Crippen LogP contribution in [0, 0.1) is 5.92 Å². The fourth-order valence-corrected chi connectivity index (χ4v) is 2.47. The monoisotopic (exact) mass is 262 g/mol. The predicted octanol–water partition coefficient (Wildman–Crippen LogP) is 2.57. The van der Waals surface area contributed by atoms with Gasteiger partial charge in [-0.25, -0.2) is 9.97 Å². The lowest BCUT2D eigenvalue weighted by atomic mass is 9.92. The molecule has 2 rings (SSSR count). The molecular formula is C15H26N4. The van der Waals surface area contributed by atoms with Gasteiger partial charge in [0.2, 0.25) is 5.95 Å². The number of nitrogens with one attached hydrogen (secondary N) is 2. The zero-order chi connectivity index (χ0) is 13.9. The number of nitrogens with zero attached hydrogens (tertiary/aromatic N) is 2. The summed E-state index contributed by atoms with van der Waals surface area (Å²) in [6.07, 6.45) is 4.39. The Morgan fingerprint density at radius 2 is 2.21 bits per heavy atom. The zero-order valence-electron chi connectivity index (χ0n) is 12.5. The number of hydrogen-bond donors (Lipinski definition) is 2. The minimum Gasteiger partial charge on any atom is -0.351 e. The first-order chi connectivity index (χ1) is 8.97. The van der Waals surface area contributed by atoms with Gasteiger partial charge in [0.1, 0.15) is 0 Å². The summed E-state index contributed by atoms with van der Waals surface area (Å²) in [5.74, 6) is 1.42. The first kappa shape index (κ1) is 14.3. The van der Waals surface area contributed by atoms with E-state index in [4.69, 9.17) is 0 Å². The summed E-state index contributed by atoms with van der Waals surface area (Å²) in [5, 5.41) is 6.92. The third kappa shape index (κ3) is 3.90. The molecule has 1 aromatic rings. The van der Waals surface area contributed by atoms with E-state index in [1.807, 2.05) is 12.3 Å². The summed E-state index contributed by atoms with van der Waals surface area (Å²) in [6, 6.07) is 2.40. The summed E-state index contributed by atoms with van der Waals surface area (Å²) in [6.45, 7) is 11.0. The summed E-state index contributed by atoms with van der Waals surface area (Å²) >= 11 is 0. The van der Waals surface area contributed by atoms with Crippen LogP contribution in [-0.4, -0.2) is 29.1 Å². The number of rotatable bonds is 3. The van der Waals surface area contributed by atoms with Crippen molar-refractivity contribution in [2.75, 3.05) is 18.4 Å². The minimum absolute atomic E-state index is 0.0645. The summed E-state index contributed by atoms with van der Waals surface area (Å²) in [7, 11) is 0. The minimum atomic E-state index is 0.0645. The van der Waals surface area contributed by atoms with E-state index in [-0.39, 0.29) is 5.41 Å². The van der Waals surface area contributed by atoms with Gasteiger partial charge < -0.3 is 10.6 Å². The maximum Gasteiger partial charge on any atom is 0.223 e. The van der Waals surface area contributed by atoms with E-state index >= 15 is 0 Å². The Labute approximate surface area is 116 Å². The summed E-state index contributed by atoms with van der Waals surface area (Å²) in [4.78, 5) is 8.98. The third-order valence-electron chi connectivity index (χ3n) is 3.82. The van der Waals surface area contributed by atoms with Crippen molar-refractivity contribution in [3.8, 4) is 0 Å². The van der Waals surface area contributed by atoms with Crippen LogP contribution in [0.15, 0.2) is 12.3 Å². The lowest BCUT2D eigenvalue weighted by Crippen LogP contribution is -2.39. The molecule has 0 saturated carbocycles. The van der Waals surface area contributed by atoms with Crippen molar-refractivity contribution >= 4 is 5.95 Å². The van der Waals surface area contributed by atoms with Crippen LogP contribution in [0.2, 0.25) is 0 Å². The van der Waals surface area contributed by atoms with E-state index in [1.165, 1.54) is 12.8 Å². The second kappa shape index (κ2) is 5.87. The molecule has 19 heavy (non-hydrogen) atoms. The number of hydrogen-bond acceptors (Lipinski definition) is 4. The zero-order valence-corrected chi connectivity index (χ0v) is 12.5. The second-order valence-electron chi connectivity index (χ2n) is 6.55. The first-order valence-corrected chi connectivity index (χ1v) is 7.27. The average molecular weight is 262 g/mol. The molecule has 2 atom stereocenters. The van der Waals surface area contributed by atoms with Gasteiger partial charge in [-0.1, -0.05) is 20.8 Å². The normalized spacial score (nSPS) is 22.0. The van der Waals surface area contributed by atoms with Gasteiger partial charge in [-0.05, 0) is 44.8 Å². The molecule has 1 fully saturated rings. The smallest absolute Gasteiger partial charge is 0.223 e. The molecular weight excluding hydrogens is 236 g/mol. The predicted molar refractivity (Wildman–Crippen MR) is 79.4 cm³/mol. The molecule has 106 valence electrons. The Balaban J connectivity index is 2.02. The van der Waals surface area contributed by atoms with Crippen LogP contribution >= 0.6 is 0 Å². The van der Waals surface area contributed by atoms with Gasteiger partial charge in [-0.15, -0.1) is 0 Å². The van der Waals surface area contributed by atoms with Crippen molar-refractivity contribution in [1.82, 2.24) is 15.3 Å². The van der Waals surface area contributed by atoms with E-state index in [0.29, 0.717) is 12.0 Å². The number of aromatic nitrogens is 2. The lowest BCUT2D eigenvalue weighted by Gasteiger charge is -2.29. The van der Waals surface area contributed by atoms with E-state index < -0.39 is 0 Å². The van der Waals surface area contributed by atoms with Crippen molar-refractivity contribution in [2.45, 2.75) is 52.0 Å². The Bertz CT molecular complexity index is 405. The molecule has 4 nitrogen and oxygen atoms in total. The van der Waals surface area contributed by atoms with Crippen molar-refractivity contribution in [2.24, 2.45) is 5.92 Å². The van der Waals surface area contributed by atoms with E-state index in [1.54, 1.807) is 0 Å². The van der Waals surface area contributed by atoms with E-state index in [0.717, 1.165) is 24.7 Å². The maximum atomic E-state index is 4.64. The Hall–Kier alpha value is -1.16. The molecule has 1 aliphatic heterocycles. The Morgan fingerprint density at radius 3 is 2.84 bits per heavy atom. The second-order valence-corrected chi connectivity index (χ2v) is 6.55. The molecule has 1 aliphatic rings. The standard InChI is InChI=1S/C15H26N4/c1-11(12-6-5-8-16-10-12)18-14-17-9-7-13(19-14)15(2,3)4/h7,9,11-12,16H,5-6,8,10H2,1-4H3,(H,17,18,19). The van der Waals surface area contributed by atoms with Gasteiger partial charge in [0.05, 0.1) is 5.69 Å². The number of piperidine rings is 1. The van der Waals surface area contributed by atoms with Gasteiger partial charge >= 0.3 is 0 Å². The topological polar surface area (TPSA) is 49.8 Å². The van der Waals surface area contributed by atoms with Crippen LogP contribution in [0.25, 0.3) is 0 Å². The van der Waals surface area contributed by atoms with Crippen molar-refractivity contribution in [3.05, 3.63) is 18.0 Å². The maximum absolute atomic E-state index is 4.64. The van der Waals surface area contributed by atoms with Gasteiger partial charge in [-0.3, -0.25) is 0 Å². The Morgan fingerprint density at radius 1 is 1.42 bits per heavy atom. The van der Waals surface area contributed by atoms with Crippen LogP contribution in [-0.2, 0) is 5.41 Å². The highest BCUT2D eigenvalue weighted by Crippen LogP contribution is 2.21. The van der Waals surface area contributed by atoms with Gasteiger partial charge in [0, 0.05) is 17.7 Å². The van der Waals surface area contributed by atoms with Crippen molar-refractivity contribution in [1.29, 1.82) is 0 Å². The molecule has 2 unspecified atom stereocenters. The molecule has 0 aliphatic carbocycles. The lowest BCUT2D eigenvalue weighted by molar-refractivity contribution is 0.346. The third-order valence-corrected chi connectivity index (χ3v) is 3.82. The van der Waals surface area contributed by atoms with E-state index in [2.05, 4.69) is 48.3 Å². The summed E-state index contributed by atoms with van der Waals surface area (Å²) in [5.41, 5.74) is 1.15. The van der Waals surface area contributed by atoms with Gasteiger partial charge in [0.25, 0.3) is 0 Å². The first-order valence-electron chi connectivity index (χ1n) is 7.27. The van der Waals surface area contributed by atoms with Crippen LogP contribution in [0.4, 0.5) is 5.95 Å². The highest BCUT2D eigenvalue weighted by atomic mass is 15.1. The molecule has 0 aromatic carbocycles. The number of anilines is 1. The van der Waals surface area contributed by atoms with Crippen LogP contribution in [0.3, 0.4) is 0 Å². The Kier molecular flexibility index (Phi) is 4.40. The van der Waals surface area contributed by atoms with Crippen molar-refractivity contribution in [3.63, 3.8) is 0 Å². The quantitative estimate of drug-likeness (QED) is 0.879. The molecule has 0 radical (unpaired) electrons. The molecule has 1 aromatic heterocycles. The van der Waals surface area contributed by atoms with E-state index in [9.17, 15) is 0 Å². The van der Waals surface area contributed by atoms with Gasteiger partial charge in [-0.2, -0.15) is 0 Å². The fourth-order valence-electron chi connectivity index (χ4n) is 2.47. The molecule has 2 heterocycles. The van der Waals surface area contributed by atoms with Gasteiger partial charge in [0.15, 0.2) is 0 Å². The molecule has 1 saturated heterocycles. The molecule has 4 heteroatoms. The highest BCUT2D eigenvalue weighted by Gasteiger charge is 2.21. The fraction of sp³-hybridized carbons (Fsp3) is 0.733. The molecule has 0 amide bonds. The molecule has 0 spiro atoms. The average Bonchev–Trinajstić information content (AvgIpc) is 2.39. The summed E-state index contributed by atoms with van der Waals surface area (Å²) < 4.78 is 0.